The summed E-state index contributed by atoms with van der Waals surface area (Å²) >= 11 is 0. The smallest absolute Gasteiger partial charge is 0.313 e. The molecule has 0 saturated carbocycles. The number of benzene rings is 1. The molecule has 4 rings (SSSR count). The topological polar surface area (TPSA) is 103 Å². The molecule has 7 heteroatoms. The summed E-state index contributed by atoms with van der Waals surface area (Å²) in [6.45, 7) is 1.73. The largest absolute Gasteiger partial charge is 0.481 e. The maximum absolute atomic E-state index is 12.7. The van der Waals surface area contributed by atoms with Gasteiger partial charge in [0.05, 0.1) is 5.60 Å². The van der Waals surface area contributed by atoms with Crippen LogP contribution in [0.1, 0.15) is 61.3 Å². The van der Waals surface area contributed by atoms with Gasteiger partial charge in [0.2, 0.25) is 5.91 Å². The molecule has 1 saturated heterocycles. The fraction of sp³-hybridized carbons (Fsp3) is 0.500. The van der Waals surface area contributed by atoms with Crippen molar-refractivity contribution in [3.05, 3.63) is 59.3 Å². The molecule has 0 bridgehead atoms. The van der Waals surface area contributed by atoms with Crippen molar-refractivity contribution < 1.29 is 19.8 Å². The molecule has 0 aliphatic carbocycles. The van der Waals surface area contributed by atoms with Gasteiger partial charge < -0.3 is 20.4 Å². The molecule has 33 heavy (non-hydrogen) atoms. The third kappa shape index (κ3) is 5.53. The number of pyridine rings is 1. The summed E-state index contributed by atoms with van der Waals surface area (Å²) in [5, 5.41) is 24.3. The van der Waals surface area contributed by atoms with Gasteiger partial charge in [-0.1, -0.05) is 36.4 Å². The van der Waals surface area contributed by atoms with E-state index in [0.29, 0.717) is 25.1 Å². The number of carboxylic acid groups (broad SMARTS) is 1. The van der Waals surface area contributed by atoms with Crippen LogP contribution in [-0.2, 0) is 22.4 Å². The first-order chi connectivity index (χ1) is 16.0. The number of nitrogens with one attached hydrogen (secondary N) is 1. The minimum Gasteiger partial charge on any atom is -0.481 e. The fourth-order valence-electron chi connectivity index (χ4n) is 5.01. The zero-order valence-corrected chi connectivity index (χ0v) is 19.0. The number of nitrogens with zero attached hydrogens (tertiary/aromatic N) is 2. The van der Waals surface area contributed by atoms with E-state index in [-0.39, 0.29) is 18.7 Å². The van der Waals surface area contributed by atoms with Crippen LogP contribution >= 0.6 is 0 Å². The highest BCUT2D eigenvalue weighted by atomic mass is 16.4. The van der Waals surface area contributed by atoms with E-state index in [4.69, 9.17) is 4.98 Å². The minimum atomic E-state index is -1.35. The highest BCUT2D eigenvalue weighted by Crippen LogP contribution is 2.37. The summed E-state index contributed by atoms with van der Waals surface area (Å²) in [4.78, 5) is 31.1. The van der Waals surface area contributed by atoms with Crippen molar-refractivity contribution in [2.45, 2.75) is 62.9 Å². The zero-order valence-electron chi connectivity index (χ0n) is 19.0. The van der Waals surface area contributed by atoms with Crippen LogP contribution in [0.25, 0.3) is 0 Å². The number of piperidine rings is 1. The van der Waals surface area contributed by atoms with Crippen molar-refractivity contribution in [2.75, 3.05) is 25.0 Å². The molecule has 176 valence electrons. The summed E-state index contributed by atoms with van der Waals surface area (Å²) in [5.41, 5.74) is 1.58. The summed E-state index contributed by atoms with van der Waals surface area (Å²) in [6.07, 6.45) is 5.73. The molecular weight excluding hydrogens is 418 g/mol. The van der Waals surface area contributed by atoms with Crippen LogP contribution in [0.4, 0.5) is 5.82 Å². The maximum atomic E-state index is 12.7. The SMILES string of the molecule is O=C(O)C(c1ccccc1)C1(O)CCN(C(=O)CCCCc2ccc3c(n2)NCCC3)CC1. The van der Waals surface area contributed by atoms with Gasteiger partial charge in [0, 0.05) is 31.7 Å². The lowest BCUT2D eigenvalue weighted by Gasteiger charge is -2.41. The second-order valence-electron chi connectivity index (χ2n) is 9.21. The third-order valence-electron chi connectivity index (χ3n) is 6.92. The van der Waals surface area contributed by atoms with Crippen LogP contribution < -0.4 is 5.32 Å². The van der Waals surface area contributed by atoms with E-state index in [1.807, 2.05) is 6.07 Å². The van der Waals surface area contributed by atoms with Crippen LogP contribution in [-0.4, -0.2) is 57.2 Å². The molecule has 0 spiro atoms. The monoisotopic (exact) mass is 451 g/mol. The number of fused-ring (bicyclic) bond motifs is 1. The Morgan fingerprint density at radius 3 is 2.58 bits per heavy atom. The van der Waals surface area contributed by atoms with E-state index in [1.165, 1.54) is 5.56 Å². The third-order valence-corrected chi connectivity index (χ3v) is 6.92. The summed E-state index contributed by atoms with van der Waals surface area (Å²) in [5.74, 6) is -0.946. The van der Waals surface area contributed by atoms with Gasteiger partial charge in [0.1, 0.15) is 11.7 Å². The second-order valence-corrected chi connectivity index (χ2v) is 9.21. The molecule has 7 nitrogen and oxygen atoms in total. The Balaban J connectivity index is 1.24. The van der Waals surface area contributed by atoms with E-state index in [1.54, 1.807) is 29.2 Å². The molecule has 2 aliphatic rings. The average Bonchev–Trinajstić information content (AvgIpc) is 2.82. The van der Waals surface area contributed by atoms with Gasteiger partial charge in [-0.05, 0) is 62.1 Å². The Labute approximate surface area is 194 Å². The molecule has 1 atom stereocenters. The fourth-order valence-corrected chi connectivity index (χ4v) is 5.01. The first kappa shape index (κ1) is 23.2. The number of rotatable bonds is 8. The van der Waals surface area contributed by atoms with E-state index in [2.05, 4.69) is 17.4 Å². The molecule has 1 fully saturated rings. The Morgan fingerprint density at radius 1 is 1.09 bits per heavy atom. The normalized spacial score (nSPS) is 18.2. The number of amides is 1. The Morgan fingerprint density at radius 2 is 1.85 bits per heavy atom. The lowest BCUT2D eigenvalue weighted by atomic mass is 9.76. The second kappa shape index (κ2) is 10.3. The first-order valence-electron chi connectivity index (χ1n) is 12.0. The van der Waals surface area contributed by atoms with E-state index in [9.17, 15) is 19.8 Å². The van der Waals surface area contributed by atoms with E-state index >= 15 is 0 Å². The molecule has 1 amide bonds. The van der Waals surface area contributed by atoms with Gasteiger partial charge in [0.25, 0.3) is 0 Å². The molecule has 3 N–H and O–H groups in total. The predicted molar refractivity (Wildman–Crippen MR) is 126 cm³/mol. The van der Waals surface area contributed by atoms with Crippen molar-refractivity contribution in [3.63, 3.8) is 0 Å². The lowest BCUT2D eigenvalue weighted by molar-refractivity contribution is -0.150. The van der Waals surface area contributed by atoms with Gasteiger partial charge in [-0.2, -0.15) is 0 Å². The Bertz CT molecular complexity index is 971. The lowest BCUT2D eigenvalue weighted by Crippen LogP contribution is -2.51. The number of carbonyl (C=O) groups excluding carboxylic acids is 1. The number of hydrogen-bond donors (Lipinski definition) is 3. The van der Waals surface area contributed by atoms with E-state index < -0.39 is 17.5 Å². The number of anilines is 1. The molecule has 0 radical (unpaired) electrons. The minimum absolute atomic E-state index is 0.0729. The Hall–Kier alpha value is -2.93. The maximum Gasteiger partial charge on any atom is 0.313 e. The van der Waals surface area contributed by atoms with Crippen LogP contribution in [0.3, 0.4) is 0 Å². The highest BCUT2D eigenvalue weighted by Gasteiger charge is 2.45. The molecular formula is C26H33N3O4. The van der Waals surface area contributed by atoms with Crippen LogP contribution in [0.15, 0.2) is 42.5 Å². The number of carboxylic acids is 1. The summed E-state index contributed by atoms with van der Waals surface area (Å²) in [7, 11) is 0. The van der Waals surface area contributed by atoms with Crippen molar-refractivity contribution in [3.8, 4) is 0 Å². The molecule has 1 aromatic carbocycles. The molecule has 3 heterocycles. The number of aliphatic hydroxyl groups is 1. The zero-order chi connectivity index (χ0) is 23.3. The number of aryl methyl sites for hydroxylation is 2. The first-order valence-corrected chi connectivity index (χ1v) is 12.0. The van der Waals surface area contributed by atoms with Gasteiger partial charge in [-0.3, -0.25) is 9.59 Å². The van der Waals surface area contributed by atoms with Crippen LogP contribution in [0.2, 0.25) is 0 Å². The Kier molecular flexibility index (Phi) is 7.28. The average molecular weight is 452 g/mol. The van der Waals surface area contributed by atoms with Crippen LogP contribution in [0, 0.1) is 0 Å². The van der Waals surface area contributed by atoms with Crippen molar-refractivity contribution in [1.29, 1.82) is 0 Å². The van der Waals surface area contributed by atoms with Gasteiger partial charge in [-0.25, -0.2) is 4.98 Å². The van der Waals surface area contributed by atoms with Crippen LogP contribution in [0.5, 0.6) is 0 Å². The number of unbranched alkanes of at least 4 members (excludes halogenated alkanes) is 1. The van der Waals surface area contributed by atoms with Gasteiger partial charge >= 0.3 is 5.97 Å². The predicted octanol–water partition coefficient (Wildman–Crippen LogP) is 3.37. The number of carbonyl (C=O) groups is 2. The van der Waals surface area contributed by atoms with Crippen molar-refractivity contribution in [1.82, 2.24) is 9.88 Å². The molecule has 1 unspecified atom stereocenters. The summed E-state index contributed by atoms with van der Waals surface area (Å²) in [6, 6.07) is 13.1. The standard InChI is InChI=1S/C26H33N3O4/c30-22(11-5-4-10-21-13-12-20-9-6-16-27-24(20)28-21)29-17-14-26(33,15-18-29)23(25(31)32)19-7-2-1-3-8-19/h1-3,7-8,12-13,23,33H,4-6,9-11,14-18H2,(H,27,28)(H,31,32). The molecule has 2 aliphatic heterocycles. The number of aliphatic carboxylic acids is 1. The van der Waals surface area contributed by atoms with Crippen molar-refractivity contribution in [2.24, 2.45) is 0 Å². The number of aromatic nitrogens is 1. The van der Waals surface area contributed by atoms with Gasteiger partial charge in [0.15, 0.2) is 0 Å². The van der Waals surface area contributed by atoms with Crippen molar-refractivity contribution >= 4 is 17.7 Å². The quantitative estimate of drug-likeness (QED) is 0.532. The molecule has 1 aromatic heterocycles. The molecule has 2 aromatic rings. The van der Waals surface area contributed by atoms with Gasteiger partial charge in [-0.15, -0.1) is 0 Å². The summed E-state index contributed by atoms with van der Waals surface area (Å²) < 4.78 is 0. The number of hydrogen-bond acceptors (Lipinski definition) is 5. The number of likely N-dealkylation sites (tertiary alicyclic amines) is 1. The highest BCUT2D eigenvalue weighted by molar-refractivity contribution is 5.78. The van der Waals surface area contributed by atoms with E-state index in [0.717, 1.165) is 50.2 Å².